The predicted octanol–water partition coefficient (Wildman–Crippen LogP) is 4.14. The minimum atomic E-state index is 0.152. The van der Waals surface area contributed by atoms with Crippen LogP contribution in [0.5, 0.6) is 0 Å². The van der Waals surface area contributed by atoms with Crippen LogP contribution in [-0.2, 0) is 0 Å². The van der Waals surface area contributed by atoms with Crippen molar-refractivity contribution in [1.82, 2.24) is 10.2 Å². The van der Waals surface area contributed by atoms with Crippen molar-refractivity contribution in [2.75, 3.05) is 13.1 Å². The van der Waals surface area contributed by atoms with Crippen molar-refractivity contribution < 1.29 is 4.79 Å². The van der Waals surface area contributed by atoms with Crippen LogP contribution in [0.3, 0.4) is 0 Å². The molecule has 3 saturated heterocycles. The summed E-state index contributed by atoms with van der Waals surface area (Å²) in [5.74, 6) is 1.61. The Hall–Kier alpha value is -1.39. The molecular formula is C21H24N2OS. The van der Waals surface area contributed by atoms with Crippen LogP contribution in [0.25, 0.3) is 10.1 Å². The zero-order valence-electron chi connectivity index (χ0n) is 14.5. The number of hydrogen-bond donors (Lipinski definition) is 1. The molecule has 5 aliphatic rings. The number of hydrogen-bond acceptors (Lipinski definition) is 3. The van der Waals surface area contributed by atoms with Crippen molar-refractivity contribution in [2.45, 2.75) is 56.0 Å². The Balaban J connectivity index is 1.27. The lowest BCUT2D eigenvalue weighted by molar-refractivity contribution is -0.00138. The number of carbonyl (C=O) groups excluding carboxylic acids is 1. The number of nitrogens with zero attached hydrogens (tertiary/aromatic N) is 1. The van der Waals surface area contributed by atoms with Gasteiger partial charge in [-0.05, 0) is 86.5 Å². The Morgan fingerprint density at radius 1 is 1.12 bits per heavy atom. The van der Waals surface area contributed by atoms with Crippen molar-refractivity contribution in [3.8, 4) is 0 Å². The zero-order chi connectivity index (χ0) is 16.6. The summed E-state index contributed by atoms with van der Waals surface area (Å²) in [4.78, 5) is 16.5. The molecule has 3 aliphatic heterocycles. The van der Waals surface area contributed by atoms with Crippen LogP contribution in [-0.4, -0.2) is 35.5 Å². The largest absolute Gasteiger partial charge is 0.346 e. The number of amides is 1. The van der Waals surface area contributed by atoms with Gasteiger partial charge in [0, 0.05) is 10.2 Å². The first-order valence-electron chi connectivity index (χ1n) is 9.82. The molecule has 1 aromatic carbocycles. The molecule has 1 amide bonds. The summed E-state index contributed by atoms with van der Waals surface area (Å²) in [5, 5.41) is 4.68. The van der Waals surface area contributed by atoms with E-state index in [1.807, 2.05) is 0 Å². The normalized spacial score (nSPS) is 32.2. The van der Waals surface area contributed by atoms with Crippen molar-refractivity contribution in [3.05, 3.63) is 34.7 Å². The van der Waals surface area contributed by atoms with E-state index in [-0.39, 0.29) is 5.91 Å². The van der Waals surface area contributed by atoms with E-state index < -0.39 is 0 Å². The molecule has 1 atom stereocenters. The van der Waals surface area contributed by atoms with Crippen LogP contribution < -0.4 is 5.32 Å². The van der Waals surface area contributed by atoms with Crippen molar-refractivity contribution in [1.29, 1.82) is 0 Å². The van der Waals surface area contributed by atoms with Crippen LogP contribution in [0.2, 0.25) is 0 Å². The number of rotatable bonds is 3. The maximum Gasteiger partial charge on any atom is 0.261 e. The molecule has 1 N–H and O–H groups in total. The van der Waals surface area contributed by atoms with E-state index in [0.29, 0.717) is 17.5 Å². The Morgan fingerprint density at radius 3 is 2.64 bits per heavy atom. The number of fused-ring (bicyclic) bond motifs is 3. The van der Waals surface area contributed by atoms with Crippen LogP contribution in [0, 0.1) is 5.92 Å². The molecule has 0 unspecified atom stereocenters. The molecule has 130 valence electrons. The van der Waals surface area contributed by atoms with E-state index in [1.165, 1.54) is 67.3 Å². The first kappa shape index (κ1) is 14.7. The van der Waals surface area contributed by atoms with Crippen LogP contribution in [0.1, 0.15) is 59.7 Å². The summed E-state index contributed by atoms with van der Waals surface area (Å²) < 4.78 is 1.27. The summed E-state index contributed by atoms with van der Waals surface area (Å²) in [7, 11) is 0. The van der Waals surface area contributed by atoms with Crippen molar-refractivity contribution >= 4 is 27.3 Å². The minimum Gasteiger partial charge on any atom is -0.346 e. The van der Waals surface area contributed by atoms with Gasteiger partial charge in [0.1, 0.15) is 0 Å². The molecule has 2 aromatic rings. The third-order valence-corrected chi connectivity index (χ3v) is 8.18. The van der Waals surface area contributed by atoms with Crippen LogP contribution in [0.4, 0.5) is 0 Å². The Morgan fingerprint density at radius 2 is 1.92 bits per heavy atom. The molecule has 1 spiro atoms. The highest BCUT2D eigenvalue weighted by molar-refractivity contribution is 7.20. The Kier molecular flexibility index (Phi) is 2.99. The van der Waals surface area contributed by atoms with Crippen LogP contribution >= 0.6 is 11.3 Å². The van der Waals surface area contributed by atoms with Gasteiger partial charge in [-0.3, -0.25) is 9.69 Å². The predicted molar refractivity (Wildman–Crippen MR) is 101 cm³/mol. The number of piperidine rings is 3. The van der Waals surface area contributed by atoms with E-state index in [1.54, 1.807) is 11.3 Å². The number of nitrogens with one attached hydrogen (secondary N) is 1. The lowest BCUT2D eigenvalue weighted by Crippen LogP contribution is -2.65. The van der Waals surface area contributed by atoms with Gasteiger partial charge in [0.15, 0.2) is 0 Å². The van der Waals surface area contributed by atoms with E-state index >= 15 is 0 Å². The third kappa shape index (κ3) is 2.23. The minimum absolute atomic E-state index is 0.152. The van der Waals surface area contributed by atoms with Crippen molar-refractivity contribution in [2.24, 2.45) is 5.92 Å². The molecule has 3 nitrogen and oxygen atoms in total. The van der Waals surface area contributed by atoms with Gasteiger partial charge >= 0.3 is 0 Å². The van der Waals surface area contributed by atoms with Gasteiger partial charge in [-0.1, -0.05) is 12.1 Å². The quantitative estimate of drug-likeness (QED) is 0.900. The van der Waals surface area contributed by atoms with Gasteiger partial charge in [0.2, 0.25) is 0 Å². The molecule has 1 aromatic heterocycles. The summed E-state index contributed by atoms with van der Waals surface area (Å²) in [6.07, 6.45) is 7.70. The maximum absolute atomic E-state index is 13.0. The van der Waals surface area contributed by atoms with Gasteiger partial charge in [0.05, 0.1) is 10.9 Å². The lowest BCUT2D eigenvalue weighted by atomic mass is 9.77. The molecular weight excluding hydrogens is 328 g/mol. The van der Waals surface area contributed by atoms with Gasteiger partial charge < -0.3 is 5.32 Å². The average molecular weight is 353 g/mol. The molecule has 0 radical (unpaired) electrons. The van der Waals surface area contributed by atoms with Gasteiger partial charge in [0.25, 0.3) is 5.91 Å². The van der Waals surface area contributed by atoms with Crippen LogP contribution in [0.15, 0.2) is 24.3 Å². The molecule has 2 bridgehead atoms. The van der Waals surface area contributed by atoms with E-state index in [9.17, 15) is 4.79 Å². The number of benzene rings is 1. The topological polar surface area (TPSA) is 32.3 Å². The molecule has 2 aliphatic carbocycles. The second-order valence-corrected chi connectivity index (χ2v) is 9.65. The highest BCUT2D eigenvalue weighted by atomic mass is 32.1. The molecule has 4 heteroatoms. The summed E-state index contributed by atoms with van der Waals surface area (Å²) in [6.45, 7) is 2.48. The monoisotopic (exact) mass is 352 g/mol. The SMILES string of the molecule is O=C(N[C@@H]1C2CCN(CC2)C12CC2)c1cc2ccc(C3CC3)cc2s1. The second-order valence-electron chi connectivity index (χ2n) is 8.56. The fourth-order valence-electron chi connectivity index (χ4n) is 5.36. The standard InChI is InChI=1S/C21H24N2OS/c24-20(22-19-14-5-9-23(10-6-14)21(19)7-8-21)18-12-16-4-3-15(13-1-2-13)11-17(16)25-18/h3-4,11-14,19H,1-2,5-10H2,(H,22,24)/t19-/m1/s1. The molecule has 7 rings (SSSR count). The highest BCUT2D eigenvalue weighted by Crippen LogP contribution is 2.53. The molecule has 5 fully saturated rings. The molecule has 4 heterocycles. The van der Waals surface area contributed by atoms with Gasteiger partial charge in [-0.25, -0.2) is 0 Å². The number of carbonyl (C=O) groups is 1. The van der Waals surface area contributed by atoms with Crippen molar-refractivity contribution in [3.63, 3.8) is 0 Å². The Bertz CT molecular complexity index is 856. The fraction of sp³-hybridized carbons (Fsp3) is 0.571. The summed E-state index contributed by atoms with van der Waals surface area (Å²) in [5.41, 5.74) is 1.77. The first-order chi connectivity index (χ1) is 12.2. The smallest absolute Gasteiger partial charge is 0.261 e. The molecule has 2 saturated carbocycles. The summed E-state index contributed by atoms with van der Waals surface area (Å²) >= 11 is 1.67. The second kappa shape index (κ2) is 5.08. The zero-order valence-corrected chi connectivity index (χ0v) is 15.3. The third-order valence-electron chi connectivity index (χ3n) is 7.09. The van der Waals surface area contributed by atoms with E-state index in [0.717, 1.165) is 10.8 Å². The Labute approximate surface area is 152 Å². The van der Waals surface area contributed by atoms with Gasteiger partial charge in [-0.15, -0.1) is 11.3 Å². The first-order valence-corrected chi connectivity index (χ1v) is 10.6. The number of thiophene rings is 1. The fourth-order valence-corrected chi connectivity index (χ4v) is 6.38. The average Bonchev–Trinajstić information content (AvgIpc) is 3.56. The van der Waals surface area contributed by atoms with E-state index in [2.05, 4.69) is 34.5 Å². The highest BCUT2D eigenvalue weighted by Gasteiger charge is 2.60. The maximum atomic E-state index is 13.0. The molecule has 25 heavy (non-hydrogen) atoms. The van der Waals surface area contributed by atoms with Gasteiger partial charge in [-0.2, -0.15) is 0 Å². The lowest BCUT2D eigenvalue weighted by Gasteiger charge is -2.52. The summed E-state index contributed by atoms with van der Waals surface area (Å²) in [6, 6.07) is 9.22. The van der Waals surface area contributed by atoms with E-state index in [4.69, 9.17) is 0 Å².